The summed E-state index contributed by atoms with van der Waals surface area (Å²) in [6.45, 7) is 9.18. The van der Waals surface area contributed by atoms with Gasteiger partial charge in [-0.3, -0.25) is 9.52 Å². The number of nitrogens with one attached hydrogen (secondary N) is 1. The molecule has 3 heterocycles. The van der Waals surface area contributed by atoms with Crippen LogP contribution in [0.15, 0.2) is 37.1 Å². The predicted octanol–water partition coefficient (Wildman–Crippen LogP) is 3.95. The smallest absolute Gasteiger partial charge is 0.421 e. The number of hydrogen-bond acceptors (Lipinski definition) is 13. The summed E-state index contributed by atoms with van der Waals surface area (Å²) in [4.78, 5) is 48.9. The molecule has 2 unspecified atom stereocenters. The molecule has 6 atom stereocenters. The molecule has 3 fully saturated rings. The fraction of sp³-hybridized carbons (Fsp3) is 0.515. The van der Waals surface area contributed by atoms with Gasteiger partial charge in [-0.1, -0.05) is 24.6 Å². The number of methoxy groups -OCH3 is 1. The molecule has 4 amide bonds. The maximum absolute atomic E-state index is 15.2. The van der Waals surface area contributed by atoms with Gasteiger partial charge in [0.25, 0.3) is 11.8 Å². The lowest BCUT2D eigenvalue weighted by molar-refractivity contribution is -0.785. The Hall–Kier alpha value is -4.06. The zero-order valence-electron chi connectivity index (χ0n) is 28.7. The number of sulfonamides is 1. The van der Waals surface area contributed by atoms with Gasteiger partial charge in [0.15, 0.2) is 6.10 Å². The number of nitrogens with zero attached hydrogens (tertiary/aromatic N) is 5. The van der Waals surface area contributed by atoms with E-state index in [1.54, 1.807) is 45.0 Å². The number of carbonyl (C=O) groups excluding carboxylic acids is 3. The normalized spacial score (nSPS) is 26.3. The number of urea groups is 1. The molecule has 1 aromatic carbocycles. The van der Waals surface area contributed by atoms with Crippen molar-refractivity contribution in [2.75, 3.05) is 25.2 Å². The Morgan fingerprint density at radius 1 is 1.24 bits per heavy atom. The second-order valence-electron chi connectivity index (χ2n) is 13.1. The molecule has 2 aromatic heterocycles. The molecule has 3 aliphatic rings. The molecule has 1 aliphatic heterocycles. The van der Waals surface area contributed by atoms with Crippen LogP contribution < -0.4 is 29.6 Å². The number of amides is 4. The van der Waals surface area contributed by atoms with Gasteiger partial charge in [-0.05, 0) is 57.7 Å². The SMILES string of the molecule is C=C[C@@H]1C[C@@]1(C(=O)NS(=O)(=O)C1CC1)N(c1nsnc1OCC)[C@H](CC)C(=O)[N+]1(C(N)=O)C[C@H](Oc2ncc(OC)c3ccc(Cl)cc23)CC1C. The summed E-state index contributed by atoms with van der Waals surface area (Å²) in [5, 5.41) is 1.08. The average Bonchev–Trinajstić information content (AvgIpc) is 4.00. The zero-order valence-corrected chi connectivity index (χ0v) is 31.1. The summed E-state index contributed by atoms with van der Waals surface area (Å²) in [5.74, 6) is -1.09. The minimum absolute atomic E-state index is 0.0677. The zero-order chi connectivity index (χ0) is 36.9. The van der Waals surface area contributed by atoms with Crippen molar-refractivity contribution >= 4 is 67.8 Å². The third kappa shape index (κ3) is 6.27. The topological polar surface area (TPSA) is 193 Å². The lowest BCUT2D eigenvalue weighted by Gasteiger charge is -2.41. The van der Waals surface area contributed by atoms with Crippen molar-refractivity contribution in [1.82, 2.24) is 18.5 Å². The fourth-order valence-corrected chi connectivity index (χ4v) is 9.33. The first kappa shape index (κ1) is 36.7. The van der Waals surface area contributed by atoms with Crippen LogP contribution in [-0.4, -0.2) is 93.7 Å². The maximum atomic E-state index is 15.2. The molecule has 3 N–H and O–H groups in total. The van der Waals surface area contributed by atoms with Gasteiger partial charge >= 0.3 is 11.9 Å². The number of quaternary nitrogens is 1. The fourth-order valence-electron chi connectivity index (χ4n) is 7.30. The van der Waals surface area contributed by atoms with E-state index >= 15 is 4.79 Å². The van der Waals surface area contributed by atoms with Gasteiger partial charge < -0.3 is 24.8 Å². The Balaban J connectivity index is 1.40. The van der Waals surface area contributed by atoms with Crippen LogP contribution in [0.4, 0.5) is 10.6 Å². The lowest BCUT2D eigenvalue weighted by Crippen LogP contribution is -2.69. The number of likely N-dealkylation sites (tertiary alicyclic amines) is 1. The molecule has 18 heteroatoms. The van der Waals surface area contributed by atoms with Crippen molar-refractivity contribution < 1.29 is 41.5 Å². The van der Waals surface area contributed by atoms with Crippen LogP contribution in [0.1, 0.15) is 52.9 Å². The van der Waals surface area contributed by atoms with Crippen molar-refractivity contribution in [3.05, 3.63) is 42.1 Å². The molecule has 3 aromatic rings. The number of fused-ring (bicyclic) bond motifs is 1. The lowest BCUT2D eigenvalue weighted by atomic mass is 10.0. The molecule has 274 valence electrons. The highest BCUT2D eigenvalue weighted by molar-refractivity contribution is 7.91. The standard InChI is InChI=1S/C33H40ClN7O8S2/c1-6-19-15-33(19,31(43)39-51(45,46)22-10-11-22)40(27-29(48-8-3)38-50-37-27)25(7-2)30(42)41(32(35)44)17-21(13-18(41)4)49-28-24-14-20(34)9-12-23(24)26(47-5)16-36-28/h6,9,12,14,16,18-19,21-22,25H,1,7-8,10-11,13,15,17H2,2-5H3,(H2-,35,39,43,44)/p+1/t18?,19-,21-,25-,33-,41?/m1/s1. The number of imide groups is 1. The number of rotatable bonds is 14. The number of ether oxygens (including phenoxy) is 3. The quantitative estimate of drug-likeness (QED) is 0.178. The maximum Gasteiger partial charge on any atom is 0.421 e. The van der Waals surface area contributed by atoms with Gasteiger partial charge in [0, 0.05) is 28.1 Å². The predicted molar refractivity (Wildman–Crippen MR) is 190 cm³/mol. The molecule has 0 bridgehead atoms. The Morgan fingerprint density at radius 2 is 1.98 bits per heavy atom. The monoisotopic (exact) mass is 762 g/mol. The van der Waals surface area contributed by atoms with Crippen molar-refractivity contribution in [3.63, 3.8) is 0 Å². The van der Waals surface area contributed by atoms with E-state index in [-0.39, 0.29) is 50.0 Å². The summed E-state index contributed by atoms with van der Waals surface area (Å²) in [6, 6.07) is 2.44. The number of benzene rings is 1. The number of halogens is 1. The highest BCUT2D eigenvalue weighted by Gasteiger charge is 2.69. The Morgan fingerprint density at radius 3 is 2.59 bits per heavy atom. The van der Waals surface area contributed by atoms with E-state index < -0.39 is 67.2 Å². The molecule has 0 radical (unpaired) electrons. The first-order chi connectivity index (χ1) is 24.3. The second-order valence-corrected chi connectivity index (χ2v) is 16.1. The van der Waals surface area contributed by atoms with E-state index in [1.165, 1.54) is 18.2 Å². The minimum atomic E-state index is -3.97. The third-order valence-electron chi connectivity index (χ3n) is 10.1. The summed E-state index contributed by atoms with van der Waals surface area (Å²) >= 11 is 7.14. The Bertz CT molecular complexity index is 1990. The number of carbonyl (C=O) groups is 3. The highest BCUT2D eigenvalue weighted by atomic mass is 35.5. The minimum Gasteiger partial charge on any atom is -0.494 e. The molecule has 0 spiro atoms. The first-order valence-corrected chi connectivity index (χ1v) is 19.4. The average molecular weight is 763 g/mol. The van der Waals surface area contributed by atoms with Crippen LogP contribution in [-0.2, 0) is 19.6 Å². The second kappa shape index (κ2) is 13.8. The van der Waals surface area contributed by atoms with Crippen molar-refractivity contribution in [2.45, 2.75) is 81.9 Å². The third-order valence-corrected chi connectivity index (χ3v) is 12.7. The van der Waals surface area contributed by atoms with E-state index in [1.807, 2.05) is 0 Å². The highest BCUT2D eigenvalue weighted by Crippen LogP contribution is 2.54. The summed E-state index contributed by atoms with van der Waals surface area (Å²) < 4.78 is 53.9. The van der Waals surface area contributed by atoms with Crippen LogP contribution in [0.2, 0.25) is 5.02 Å². The number of aromatic nitrogens is 3. The van der Waals surface area contributed by atoms with E-state index in [0.717, 1.165) is 11.7 Å². The molecule has 2 saturated carbocycles. The Kier molecular flexibility index (Phi) is 9.95. The molecule has 51 heavy (non-hydrogen) atoms. The van der Waals surface area contributed by atoms with E-state index in [2.05, 4.69) is 25.0 Å². The van der Waals surface area contributed by atoms with Crippen LogP contribution in [0.3, 0.4) is 0 Å². The molecule has 1 saturated heterocycles. The Labute approximate surface area is 305 Å². The number of anilines is 1. The molecular weight excluding hydrogens is 722 g/mol. The van der Waals surface area contributed by atoms with Gasteiger partial charge in [0.05, 0.1) is 36.9 Å². The van der Waals surface area contributed by atoms with Crippen molar-refractivity contribution in [3.8, 4) is 17.5 Å². The molecule has 15 nitrogen and oxygen atoms in total. The summed E-state index contributed by atoms with van der Waals surface area (Å²) in [6.07, 6.45) is 3.74. The van der Waals surface area contributed by atoms with Crippen molar-refractivity contribution in [1.29, 1.82) is 0 Å². The first-order valence-electron chi connectivity index (χ1n) is 16.7. The van der Waals surface area contributed by atoms with Crippen LogP contribution in [0.25, 0.3) is 10.8 Å². The number of nitrogens with two attached hydrogens (primary N) is 1. The molecule has 2 aliphatic carbocycles. The number of primary amides is 1. The van der Waals surface area contributed by atoms with Crippen LogP contribution in [0.5, 0.6) is 17.5 Å². The van der Waals surface area contributed by atoms with E-state index in [4.69, 9.17) is 31.5 Å². The number of hydrogen-bond donors (Lipinski definition) is 2. The van der Waals surface area contributed by atoms with Gasteiger partial charge in [0.2, 0.25) is 21.7 Å². The van der Waals surface area contributed by atoms with E-state index in [0.29, 0.717) is 34.4 Å². The van der Waals surface area contributed by atoms with Crippen LogP contribution >= 0.6 is 23.3 Å². The number of pyridine rings is 1. The van der Waals surface area contributed by atoms with Gasteiger partial charge in [0.1, 0.15) is 29.9 Å². The van der Waals surface area contributed by atoms with Gasteiger partial charge in [-0.15, -0.1) is 11.0 Å². The van der Waals surface area contributed by atoms with E-state index in [9.17, 15) is 18.0 Å². The van der Waals surface area contributed by atoms with Gasteiger partial charge in [-0.2, -0.15) is 8.86 Å². The summed E-state index contributed by atoms with van der Waals surface area (Å²) in [7, 11) is -2.45. The van der Waals surface area contributed by atoms with Gasteiger partial charge in [-0.25, -0.2) is 23.0 Å². The largest absolute Gasteiger partial charge is 0.494 e. The van der Waals surface area contributed by atoms with Crippen molar-refractivity contribution in [2.24, 2.45) is 11.7 Å². The molecular formula is C33H41ClN7O8S2+. The summed E-state index contributed by atoms with van der Waals surface area (Å²) in [5.41, 5.74) is 4.54. The molecule has 6 rings (SSSR count). The van der Waals surface area contributed by atoms with Crippen LogP contribution in [0, 0.1) is 5.92 Å².